The summed E-state index contributed by atoms with van der Waals surface area (Å²) in [6.45, 7) is 2.11. The number of hydrogen-bond donors (Lipinski definition) is 2. The van der Waals surface area contributed by atoms with Crippen molar-refractivity contribution in [2.24, 2.45) is 0 Å². The van der Waals surface area contributed by atoms with Crippen LogP contribution in [-0.4, -0.2) is 26.4 Å². The first-order valence-electron chi connectivity index (χ1n) is 8.36. The first kappa shape index (κ1) is 16.8. The molecule has 0 fully saturated rings. The maximum absolute atomic E-state index is 13.3. The Morgan fingerprint density at radius 3 is 2.88 bits per heavy atom. The van der Waals surface area contributed by atoms with Gasteiger partial charge in [0.1, 0.15) is 5.82 Å². The Labute approximate surface area is 154 Å². The largest absolute Gasteiger partial charge is 0.335 e. The van der Waals surface area contributed by atoms with Gasteiger partial charge in [0.05, 0.1) is 11.3 Å². The lowest BCUT2D eigenvalue weighted by atomic mass is 10.1. The number of nitrogens with zero attached hydrogens (tertiary/aromatic N) is 2. The molecule has 0 amide bonds. The van der Waals surface area contributed by atoms with Crippen LogP contribution in [0.25, 0.3) is 11.3 Å². The second-order valence-electron chi connectivity index (χ2n) is 6.39. The van der Waals surface area contributed by atoms with Crippen LogP contribution >= 0.6 is 12.2 Å². The molecule has 0 bridgehead atoms. The van der Waals surface area contributed by atoms with Crippen LogP contribution in [0.5, 0.6) is 0 Å². The molecule has 2 N–H and O–H groups in total. The second kappa shape index (κ2) is 6.93. The maximum Gasteiger partial charge on any atom is 0.256 e. The third kappa shape index (κ3) is 3.49. The van der Waals surface area contributed by atoms with Gasteiger partial charge in [0.25, 0.3) is 5.56 Å². The Hall–Kier alpha value is -2.64. The standard InChI is InChI=1S/C19H17FN4OS/c20-14-3-1-2-13(8-14)16-5-4-12(9-21-16)10-24-7-6-17-15(11-24)18(25)23-19(26)22-17/h1-5,8-9H,6-7,10-11H2,(H2,22,23,25,26). The Bertz CT molecular complexity index is 1060. The topological polar surface area (TPSA) is 64.8 Å². The van der Waals surface area contributed by atoms with E-state index < -0.39 is 0 Å². The normalized spacial score (nSPS) is 14.2. The number of fused-ring (bicyclic) bond motifs is 1. The zero-order valence-corrected chi connectivity index (χ0v) is 14.8. The van der Waals surface area contributed by atoms with Gasteiger partial charge in [-0.3, -0.25) is 19.7 Å². The lowest BCUT2D eigenvalue weighted by Gasteiger charge is -2.27. The van der Waals surface area contributed by atoms with E-state index in [2.05, 4.69) is 19.9 Å². The Morgan fingerprint density at radius 1 is 1.23 bits per heavy atom. The summed E-state index contributed by atoms with van der Waals surface area (Å²) in [5.74, 6) is -0.273. The van der Waals surface area contributed by atoms with Crippen LogP contribution in [0, 0.1) is 10.6 Å². The third-order valence-electron chi connectivity index (χ3n) is 4.54. The fourth-order valence-corrected chi connectivity index (χ4v) is 3.46. The second-order valence-corrected chi connectivity index (χ2v) is 6.80. The average Bonchev–Trinajstić information content (AvgIpc) is 2.63. The Balaban J connectivity index is 1.50. The van der Waals surface area contributed by atoms with E-state index in [0.29, 0.717) is 17.9 Å². The van der Waals surface area contributed by atoms with Crippen LogP contribution in [-0.2, 0) is 19.5 Å². The van der Waals surface area contributed by atoms with E-state index in [-0.39, 0.29) is 11.4 Å². The van der Waals surface area contributed by atoms with Crippen LogP contribution in [0.2, 0.25) is 0 Å². The lowest BCUT2D eigenvalue weighted by molar-refractivity contribution is 0.241. The summed E-state index contributed by atoms with van der Waals surface area (Å²) in [7, 11) is 0. The molecule has 1 aliphatic heterocycles. The molecule has 0 unspecified atom stereocenters. The van der Waals surface area contributed by atoms with Crippen molar-refractivity contribution in [2.75, 3.05) is 6.54 Å². The predicted octanol–water partition coefficient (Wildman–Crippen LogP) is 3.19. The average molecular weight is 368 g/mol. The molecule has 1 aliphatic rings. The molecule has 0 radical (unpaired) electrons. The molecule has 0 atom stereocenters. The molecule has 26 heavy (non-hydrogen) atoms. The summed E-state index contributed by atoms with van der Waals surface area (Å²) in [4.78, 5) is 24.5. The van der Waals surface area contributed by atoms with Crippen molar-refractivity contribution in [3.8, 4) is 11.3 Å². The highest BCUT2D eigenvalue weighted by atomic mass is 32.1. The van der Waals surface area contributed by atoms with E-state index >= 15 is 0 Å². The lowest BCUT2D eigenvalue weighted by Crippen LogP contribution is -2.35. The van der Waals surface area contributed by atoms with Gasteiger partial charge in [0.2, 0.25) is 0 Å². The number of halogens is 1. The van der Waals surface area contributed by atoms with Crippen LogP contribution in [0.4, 0.5) is 4.39 Å². The summed E-state index contributed by atoms with van der Waals surface area (Å²) < 4.78 is 13.7. The summed E-state index contributed by atoms with van der Waals surface area (Å²) in [6, 6.07) is 10.3. The van der Waals surface area contributed by atoms with Gasteiger partial charge in [0, 0.05) is 43.5 Å². The number of hydrogen-bond acceptors (Lipinski definition) is 4. The number of pyridine rings is 1. The molecule has 2 aromatic heterocycles. The Morgan fingerprint density at radius 2 is 2.12 bits per heavy atom. The number of aromatic amines is 2. The molecular formula is C19H17FN4OS. The molecule has 5 nitrogen and oxygen atoms in total. The minimum Gasteiger partial charge on any atom is -0.335 e. The zero-order chi connectivity index (χ0) is 18.1. The number of aromatic nitrogens is 3. The molecule has 3 aromatic rings. The molecule has 0 spiro atoms. The number of rotatable bonds is 3. The SMILES string of the molecule is O=c1[nH]c(=S)[nH]c2c1CN(Cc1ccc(-c3cccc(F)c3)nc1)CC2. The number of benzene rings is 1. The summed E-state index contributed by atoms with van der Waals surface area (Å²) >= 11 is 5.02. The molecule has 3 heterocycles. The number of H-pyrrole nitrogens is 2. The van der Waals surface area contributed by atoms with Gasteiger partial charge < -0.3 is 4.98 Å². The zero-order valence-electron chi connectivity index (χ0n) is 14.0. The smallest absolute Gasteiger partial charge is 0.256 e. The monoisotopic (exact) mass is 368 g/mol. The predicted molar refractivity (Wildman–Crippen MR) is 99.7 cm³/mol. The van der Waals surface area contributed by atoms with Crippen molar-refractivity contribution in [1.29, 1.82) is 0 Å². The minimum absolute atomic E-state index is 0.118. The van der Waals surface area contributed by atoms with Gasteiger partial charge in [-0.2, -0.15) is 0 Å². The number of nitrogens with one attached hydrogen (secondary N) is 2. The van der Waals surface area contributed by atoms with Crippen molar-refractivity contribution < 1.29 is 4.39 Å². The highest BCUT2D eigenvalue weighted by Crippen LogP contribution is 2.20. The highest BCUT2D eigenvalue weighted by molar-refractivity contribution is 7.71. The minimum atomic E-state index is -0.273. The van der Waals surface area contributed by atoms with Crippen LogP contribution < -0.4 is 5.56 Å². The molecule has 0 aliphatic carbocycles. The van der Waals surface area contributed by atoms with Gasteiger partial charge in [-0.15, -0.1) is 0 Å². The molecule has 0 saturated carbocycles. The van der Waals surface area contributed by atoms with Crippen LogP contribution in [0.1, 0.15) is 16.8 Å². The van der Waals surface area contributed by atoms with Crippen molar-refractivity contribution in [3.05, 3.63) is 80.4 Å². The van der Waals surface area contributed by atoms with Crippen molar-refractivity contribution in [2.45, 2.75) is 19.5 Å². The molecule has 7 heteroatoms. The summed E-state index contributed by atoms with van der Waals surface area (Å²) in [6.07, 6.45) is 2.57. The summed E-state index contributed by atoms with van der Waals surface area (Å²) in [5.41, 5.74) is 4.09. The molecule has 4 rings (SSSR count). The molecule has 0 saturated heterocycles. The Kier molecular flexibility index (Phi) is 4.48. The van der Waals surface area contributed by atoms with Gasteiger partial charge in [0.15, 0.2) is 4.77 Å². The third-order valence-corrected chi connectivity index (χ3v) is 4.75. The van der Waals surface area contributed by atoms with Gasteiger partial charge in [-0.25, -0.2) is 4.39 Å². The highest BCUT2D eigenvalue weighted by Gasteiger charge is 2.19. The quantitative estimate of drug-likeness (QED) is 0.697. The van der Waals surface area contributed by atoms with E-state index in [1.807, 2.05) is 18.2 Å². The van der Waals surface area contributed by atoms with E-state index in [0.717, 1.165) is 41.0 Å². The first-order chi connectivity index (χ1) is 12.6. The maximum atomic E-state index is 13.3. The van der Waals surface area contributed by atoms with Crippen molar-refractivity contribution in [1.82, 2.24) is 19.9 Å². The fourth-order valence-electron chi connectivity index (χ4n) is 3.24. The van der Waals surface area contributed by atoms with Crippen molar-refractivity contribution in [3.63, 3.8) is 0 Å². The van der Waals surface area contributed by atoms with E-state index in [4.69, 9.17) is 12.2 Å². The fraction of sp³-hybridized carbons (Fsp3) is 0.211. The van der Waals surface area contributed by atoms with Gasteiger partial charge in [-0.1, -0.05) is 18.2 Å². The van der Waals surface area contributed by atoms with Crippen LogP contribution in [0.15, 0.2) is 47.4 Å². The molecular weight excluding hydrogens is 351 g/mol. The molecule has 132 valence electrons. The summed E-state index contributed by atoms with van der Waals surface area (Å²) in [5, 5.41) is 0. The van der Waals surface area contributed by atoms with Crippen molar-refractivity contribution >= 4 is 12.2 Å². The molecule has 1 aromatic carbocycles. The first-order valence-corrected chi connectivity index (χ1v) is 8.77. The van der Waals surface area contributed by atoms with E-state index in [1.54, 1.807) is 12.3 Å². The van der Waals surface area contributed by atoms with Gasteiger partial charge in [-0.05, 0) is 36.0 Å². The van der Waals surface area contributed by atoms with Crippen LogP contribution in [0.3, 0.4) is 0 Å². The van der Waals surface area contributed by atoms with E-state index in [1.165, 1.54) is 12.1 Å². The van der Waals surface area contributed by atoms with E-state index in [9.17, 15) is 9.18 Å². The van der Waals surface area contributed by atoms with Gasteiger partial charge >= 0.3 is 0 Å².